The number of esters is 1. The molecule has 2 heterocycles. The summed E-state index contributed by atoms with van der Waals surface area (Å²) in [7, 11) is 4.30. The second kappa shape index (κ2) is 10.3. The molecule has 10 nitrogen and oxygen atoms in total. The van der Waals surface area contributed by atoms with E-state index < -0.39 is 17.4 Å². The standard InChI is InChI=1S/C27H30N4O6/c1-17-6-8-18(9-7-17)13-28-26(34)27(2)15-30-16-29-22(25(33)37-5)23(30)24(32)31(27)14-19-12-20(35-3)10-11-21(19)36-4/h6-12,16H,13-15H2,1-5H3,(H,28,34). The fourth-order valence-electron chi connectivity index (χ4n) is 4.44. The highest BCUT2D eigenvalue weighted by Crippen LogP contribution is 2.34. The lowest BCUT2D eigenvalue weighted by Gasteiger charge is -2.44. The number of carbonyl (C=O) groups is 3. The van der Waals surface area contributed by atoms with Gasteiger partial charge >= 0.3 is 5.97 Å². The quantitative estimate of drug-likeness (QED) is 0.468. The SMILES string of the molecule is COC(=O)c1ncn2c1C(=O)N(Cc1cc(OC)ccc1OC)C(C)(C(=O)NCc1ccc(C)cc1)C2. The van der Waals surface area contributed by atoms with Crippen LogP contribution in [-0.4, -0.2) is 59.1 Å². The molecule has 1 N–H and O–H groups in total. The van der Waals surface area contributed by atoms with Crippen LogP contribution in [0, 0.1) is 6.92 Å². The Labute approximate surface area is 215 Å². The second-order valence-electron chi connectivity index (χ2n) is 9.07. The van der Waals surface area contributed by atoms with Crippen molar-refractivity contribution >= 4 is 17.8 Å². The molecule has 1 atom stereocenters. The van der Waals surface area contributed by atoms with Crippen molar-refractivity contribution in [2.24, 2.45) is 0 Å². The average Bonchev–Trinajstić information content (AvgIpc) is 3.33. The van der Waals surface area contributed by atoms with Gasteiger partial charge < -0.3 is 29.0 Å². The summed E-state index contributed by atoms with van der Waals surface area (Å²) >= 11 is 0. The first kappa shape index (κ1) is 25.7. The van der Waals surface area contributed by atoms with E-state index in [4.69, 9.17) is 14.2 Å². The highest BCUT2D eigenvalue weighted by Gasteiger charge is 2.49. The molecule has 0 aliphatic carbocycles. The van der Waals surface area contributed by atoms with Crippen LogP contribution in [0.15, 0.2) is 48.8 Å². The van der Waals surface area contributed by atoms with Crippen molar-refractivity contribution in [2.45, 2.75) is 39.0 Å². The minimum Gasteiger partial charge on any atom is -0.497 e. The largest absolute Gasteiger partial charge is 0.497 e. The van der Waals surface area contributed by atoms with Crippen molar-refractivity contribution in [3.8, 4) is 11.5 Å². The molecule has 0 radical (unpaired) electrons. The molecule has 10 heteroatoms. The van der Waals surface area contributed by atoms with Crippen molar-refractivity contribution in [1.82, 2.24) is 19.8 Å². The minimum atomic E-state index is -1.31. The Morgan fingerprint density at radius 3 is 2.46 bits per heavy atom. The molecule has 1 aliphatic heterocycles. The molecule has 1 aromatic heterocycles. The fourth-order valence-corrected chi connectivity index (χ4v) is 4.44. The molecule has 37 heavy (non-hydrogen) atoms. The van der Waals surface area contributed by atoms with Crippen LogP contribution in [0.3, 0.4) is 0 Å². The lowest BCUT2D eigenvalue weighted by atomic mass is 9.93. The minimum absolute atomic E-state index is 0.0272. The molecule has 0 spiro atoms. The van der Waals surface area contributed by atoms with Crippen LogP contribution in [0.1, 0.15) is 44.6 Å². The molecule has 2 aromatic carbocycles. The number of aromatic nitrogens is 2. The summed E-state index contributed by atoms with van der Waals surface area (Å²) in [4.78, 5) is 45.5. The van der Waals surface area contributed by atoms with Crippen LogP contribution in [0.2, 0.25) is 0 Å². The molecule has 0 fully saturated rings. The molecule has 3 aromatic rings. The summed E-state index contributed by atoms with van der Waals surface area (Å²) in [5, 5.41) is 2.97. The lowest BCUT2D eigenvalue weighted by molar-refractivity contribution is -0.133. The summed E-state index contributed by atoms with van der Waals surface area (Å²) < 4.78 is 17.2. The van der Waals surface area contributed by atoms with E-state index in [1.807, 2.05) is 31.2 Å². The maximum absolute atomic E-state index is 13.9. The number of methoxy groups -OCH3 is 3. The number of fused-ring (bicyclic) bond motifs is 1. The first-order chi connectivity index (χ1) is 17.7. The van der Waals surface area contributed by atoms with Crippen LogP contribution >= 0.6 is 0 Å². The van der Waals surface area contributed by atoms with Crippen molar-refractivity contribution in [3.63, 3.8) is 0 Å². The molecular weight excluding hydrogens is 476 g/mol. The number of hydrogen-bond acceptors (Lipinski definition) is 7. The van der Waals surface area contributed by atoms with Gasteiger partial charge in [0.1, 0.15) is 22.7 Å². The molecule has 2 amide bonds. The Bertz CT molecular complexity index is 1330. The Balaban J connectivity index is 1.73. The highest BCUT2D eigenvalue weighted by molar-refractivity contribution is 6.06. The molecule has 0 saturated heterocycles. The number of carbonyl (C=O) groups excluding carboxylic acids is 3. The molecule has 0 bridgehead atoms. The first-order valence-electron chi connectivity index (χ1n) is 11.7. The number of hydrogen-bond donors (Lipinski definition) is 1. The molecule has 1 aliphatic rings. The summed E-state index contributed by atoms with van der Waals surface area (Å²) in [5.74, 6) is -0.493. The van der Waals surface area contributed by atoms with E-state index in [1.165, 1.54) is 30.0 Å². The van der Waals surface area contributed by atoms with Gasteiger partial charge in [0.25, 0.3) is 5.91 Å². The maximum Gasteiger partial charge on any atom is 0.359 e. The predicted molar refractivity (Wildman–Crippen MR) is 134 cm³/mol. The van der Waals surface area contributed by atoms with Gasteiger partial charge in [-0.2, -0.15) is 0 Å². The molecule has 0 saturated carbocycles. The molecular formula is C27H30N4O6. The van der Waals surface area contributed by atoms with Gasteiger partial charge in [-0.25, -0.2) is 9.78 Å². The summed E-state index contributed by atoms with van der Waals surface area (Å²) in [5.41, 5.74) is 1.35. The summed E-state index contributed by atoms with van der Waals surface area (Å²) in [6.45, 7) is 4.10. The number of benzene rings is 2. The Morgan fingerprint density at radius 1 is 1.08 bits per heavy atom. The van der Waals surface area contributed by atoms with Gasteiger partial charge in [-0.05, 0) is 37.6 Å². The van der Waals surface area contributed by atoms with Gasteiger partial charge in [0.2, 0.25) is 5.91 Å². The van der Waals surface area contributed by atoms with Gasteiger partial charge in [0.15, 0.2) is 5.69 Å². The molecule has 4 rings (SSSR count). The zero-order valence-corrected chi connectivity index (χ0v) is 21.5. The van der Waals surface area contributed by atoms with Crippen molar-refractivity contribution in [3.05, 3.63) is 76.9 Å². The van der Waals surface area contributed by atoms with Crippen molar-refractivity contribution < 1.29 is 28.6 Å². The van der Waals surface area contributed by atoms with E-state index in [9.17, 15) is 14.4 Å². The number of imidazole rings is 1. The van der Waals surface area contributed by atoms with Gasteiger partial charge in [-0.3, -0.25) is 9.59 Å². The summed E-state index contributed by atoms with van der Waals surface area (Å²) in [6.07, 6.45) is 1.38. The topological polar surface area (TPSA) is 112 Å². The van der Waals surface area contributed by atoms with Crippen LogP contribution in [-0.2, 0) is 29.2 Å². The first-order valence-corrected chi connectivity index (χ1v) is 11.7. The number of ether oxygens (including phenoxy) is 3. The Morgan fingerprint density at radius 2 is 1.81 bits per heavy atom. The number of nitrogens with zero attached hydrogens (tertiary/aromatic N) is 3. The molecule has 1 unspecified atom stereocenters. The van der Waals surface area contributed by atoms with E-state index in [0.29, 0.717) is 23.6 Å². The van der Waals surface area contributed by atoms with Gasteiger partial charge in [-0.15, -0.1) is 0 Å². The predicted octanol–water partition coefficient (Wildman–Crippen LogP) is 2.73. The monoisotopic (exact) mass is 506 g/mol. The highest BCUT2D eigenvalue weighted by atomic mass is 16.5. The van der Waals surface area contributed by atoms with Gasteiger partial charge in [0, 0.05) is 12.1 Å². The van der Waals surface area contributed by atoms with E-state index in [2.05, 4.69) is 10.3 Å². The third-order valence-corrected chi connectivity index (χ3v) is 6.62. The normalized spacial score (nSPS) is 16.7. The Hall–Kier alpha value is -4.34. The average molecular weight is 507 g/mol. The number of aryl methyl sites for hydroxylation is 1. The zero-order chi connectivity index (χ0) is 26.7. The van der Waals surface area contributed by atoms with Crippen LogP contribution in [0.4, 0.5) is 0 Å². The summed E-state index contributed by atoms with van der Waals surface area (Å²) in [6, 6.07) is 13.1. The van der Waals surface area contributed by atoms with E-state index in [-0.39, 0.29) is 30.4 Å². The lowest BCUT2D eigenvalue weighted by Crippen LogP contribution is -2.63. The van der Waals surface area contributed by atoms with Crippen molar-refractivity contribution in [1.29, 1.82) is 0 Å². The van der Waals surface area contributed by atoms with Crippen molar-refractivity contribution in [2.75, 3.05) is 21.3 Å². The third-order valence-electron chi connectivity index (χ3n) is 6.62. The van der Waals surface area contributed by atoms with Gasteiger partial charge in [0.05, 0.1) is 40.7 Å². The van der Waals surface area contributed by atoms with E-state index in [1.54, 1.807) is 32.2 Å². The number of rotatable bonds is 8. The fraction of sp³-hybridized carbons (Fsp3) is 0.333. The van der Waals surface area contributed by atoms with Crippen LogP contribution < -0.4 is 14.8 Å². The van der Waals surface area contributed by atoms with E-state index in [0.717, 1.165) is 11.1 Å². The molecule has 194 valence electrons. The number of amides is 2. The zero-order valence-electron chi connectivity index (χ0n) is 21.5. The third kappa shape index (κ3) is 4.87. The van der Waals surface area contributed by atoms with Crippen LogP contribution in [0.25, 0.3) is 0 Å². The second-order valence-corrected chi connectivity index (χ2v) is 9.07. The Kier molecular flexibility index (Phi) is 7.19. The number of nitrogens with one attached hydrogen (secondary N) is 1. The smallest absolute Gasteiger partial charge is 0.359 e. The van der Waals surface area contributed by atoms with Crippen LogP contribution in [0.5, 0.6) is 11.5 Å². The van der Waals surface area contributed by atoms with Gasteiger partial charge in [-0.1, -0.05) is 29.8 Å². The van der Waals surface area contributed by atoms with E-state index >= 15 is 0 Å². The maximum atomic E-state index is 13.9.